The third kappa shape index (κ3) is 3.29. The predicted octanol–water partition coefficient (Wildman–Crippen LogP) is 5.58. The largest absolute Gasteiger partial charge is 0.303 e. The van der Waals surface area contributed by atoms with Crippen molar-refractivity contribution in [3.8, 4) is 0 Å². The molecule has 0 N–H and O–H groups in total. The molecule has 2 fully saturated rings. The summed E-state index contributed by atoms with van der Waals surface area (Å²) in [6, 6.07) is 6.81. The number of benzene rings is 1. The Labute approximate surface area is 135 Å². The normalized spacial score (nSPS) is 32.6. The lowest BCUT2D eigenvalue weighted by Gasteiger charge is -2.37. The average molecular weight is 298 g/mol. The number of aryl methyl sites for hydroxylation is 1. The Balaban J connectivity index is 1.56. The maximum Gasteiger partial charge on any atom is 0.123 e. The molecule has 0 aromatic heterocycles. The van der Waals surface area contributed by atoms with Crippen molar-refractivity contribution < 1.29 is 4.79 Å². The van der Waals surface area contributed by atoms with Crippen LogP contribution >= 0.6 is 0 Å². The summed E-state index contributed by atoms with van der Waals surface area (Å²) >= 11 is 0. The molecule has 0 radical (unpaired) electrons. The summed E-state index contributed by atoms with van der Waals surface area (Å²) in [5.41, 5.74) is 4.55. The maximum atomic E-state index is 10.9. The molecule has 2 aliphatic rings. The standard InChI is InChI=1S/C21H30O/c1-15-4-3-5-21(16(15)2)20-12-10-19(11-13-20)18-8-6-17(14-22)7-9-18/h3-5,14,17-20H,6-13H2,1-2H3. The fourth-order valence-electron chi connectivity index (χ4n) is 4.87. The van der Waals surface area contributed by atoms with Gasteiger partial charge in [0.25, 0.3) is 0 Å². The van der Waals surface area contributed by atoms with Gasteiger partial charge in [-0.05, 0) is 99.7 Å². The zero-order chi connectivity index (χ0) is 15.5. The van der Waals surface area contributed by atoms with Crippen LogP contribution in [0.1, 0.15) is 74.0 Å². The molecule has 1 heteroatoms. The molecule has 2 saturated carbocycles. The minimum absolute atomic E-state index is 0.363. The number of hydrogen-bond acceptors (Lipinski definition) is 1. The second-order valence-electron chi connectivity index (χ2n) is 7.71. The zero-order valence-electron chi connectivity index (χ0n) is 14.2. The Morgan fingerprint density at radius 3 is 2.05 bits per heavy atom. The van der Waals surface area contributed by atoms with Gasteiger partial charge in [0.1, 0.15) is 6.29 Å². The first-order valence-corrected chi connectivity index (χ1v) is 9.20. The molecule has 0 aliphatic heterocycles. The maximum absolute atomic E-state index is 10.9. The van der Waals surface area contributed by atoms with E-state index in [4.69, 9.17) is 0 Å². The fourth-order valence-corrected chi connectivity index (χ4v) is 4.87. The highest BCUT2D eigenvalue weighted by Crippen LogP contribution is 2.44. The van der Waals surface area contributed by atoms with Gasteiger partial charge in [0.15, 0.2) is 0 Å². The molecule has 0 spiro atoms. The summed E-state index contributed by atoms with van der Waals surface area (Å²) < 4.78 is 0. The molecule has 1 aromatic rings. The molecule has 0 unspecified atom stereocenters. The van der Waals surface area contributed by atoms with E-state index in [0.29, 0.717) is 5.92 Å². The van der Waals surface area contributed by atoms with Gasteiger partial charge < -0.3 is 4.79 Å². The van der Waals surface area contributed by atoms with E-state index < -0.39 is 0 Å². The number of carbonyl (C=O) groups excluding carboxylic acids is 1. The van der Waals surface area contributed by atoms with E-state index in [1.807, 2.05) is 0 Å². The molecule has 1 aromatic carbocycles. The van der Waals surface area contributed by atoms with E-state index in [1.54, 1.807) is 5.56 Å². The van der Waals surface area contributed by atoms with E-state index in [1.165, 1.54) is 55.9 Å². The fraction of sp³-hybridized carbons (Fsp3) is 0.667. The van der Waals surface area contributed by atoms with Crippen LogP contribution in [0.4, 0.5) is 0 Å². The van der Waals surface area contributed by atoms with E-state index in [0.717, 1.165) is 30.6 Å². The Morgan fingerprint density at radius 2 is 1.45 bits per heavy atom. The van der Waals surface area contributed by atoms with Gasteiger partial charge in [0.2, 0.25) is 0 Å². The van der Waals surface area contributed by atoms with Crippen LogP contribution in [0.25, 0.3) is 0 Å². The second kappa shape index (κ2) is 6.98. The molecule has 0 bridgehead atoms. The third-order valence-electron chi connectivity index (χ3n) is 6.53. The van der Waals surface area contributed by atoms with Crippen LogP contribution < -0.4 is 0 Å². The Hall–Kier alpha value is -1.11. The van der Waals surface area contributed by atoms with Crippen LogP contribution in [0, 0.1) is 31.6 Å². The third-order valence-corrected chi connectivity index (χ3v) is 6.53. The Bertz CT molecular complexity index is 503. The SMILES string of the molecule is Cc1cccc(C2CCC(C3CCC(C=O)CC3)CC2)c1C. The number of aldehydes is 1. The molecular weight excluding hydrogens is 268 g/mol. The number of hydrogen-bond donors (Lipinski definition) is 0. The highest BCUT2D eigenvalue weighted by molar-refractivity contribution is 5.53. The van der Waals surface area contributed by atoms with Gasteiger partial charge in [0, 0.05) is 5.92 Å². The van der Waals surface area contributed by atoms with E-state index >= 15 is 0 Å². The molecule has 120 valence electrons. The van der Waals surface area contributed by atoms with Crippen molar-refractivity contribution in [2.45, 2.75) is 71.1 Å². The van der Waals surface area contributed by atoms with Gasteiger partial charge in [-0.2, -0.15) is 0 Å². The van der Waals surface area contributed by atoms with Crippen molar-refractivity contribution in [1.82, 2.24) is 0 Å². The van der Waals surface area contributed by atoms with Crippen molar-refractivity contribution in [3.05, 3.63) is 34.9 Å². The molecule has 0 amide bonds. The monoisotopic (exact) mass is 298 g/mol. The Kier molecular flexibility index (Phi) is 5.00. The van der Waals surface area contributed by atoms with Crippen molar-refractivity contribution in [1.29, 1.82) is 0 Å². The lowest BCUT2D eigenvalue weighted by atomic mass is 9.68. The highest BCUT2D eigenvalue weighted by atomic mass is 16.1. The van der Waals surface area contributed by atoms with Gasteiger partial charge in [0.05, 0.1) is 0 Å². The van der Waals surface area contributed by atoms with Gasteiger partial charge in [-0.3, -0.25) is 0 Å². The predicted molar refractivity (Wildman–Crippen MR) is 92.1 cm³/mol. The van der Waals surface area contributed by atoms with E-state index in [-0.39, 0.29) is 0 Å². The molecule has 0 saturated heterocycles. The summed E-state index contributed by atoms with van der Waals surface area (Å²) in [5, 5.41) is 0. The summed E-state index contributed by atoms with van der Waals surface area (Å²) in [7, 11) is 0. The summed E-state index contributed by atoms with van der Waals surface area (Å²) in [6.45, 7) is 4.52. The summed E-state index contributed by atoms with van der Waals surface area (Å²) in [5.74, 6) is 2.97. The van der Waals surface area contributed by atoms with Crippen molar-refractivity contribution in [2.24, 2.45) is 17.8 Å². The average Bonchev–Trinajstić information content (AvgIpc) is 2.58. The quantitative estimate of drug-likeness (QED) is 0.665. The lowest BCUT2D eigenvalue weighted by Crippen LogP contribution is -2.26. The molecule has 1 nitrogen and oxygen atoms in total. The highest BCUT2D eigenvalue weighted by Gasteiger charge is 2.31. The van der Waals surface area contributed by atoms with Gasteiger partial charge in [-0.1, -0.05) is 18.2 Å². The van der Waals surface area contributed by atoms with Gasteiger partial charge in [-0.15, -0.1) is 0 Å². The van der Waals surface area contributed by atoms with Gasteiger partial charge in [-0.25, -0.2) is 0 Å². The first-order valence-electron chi connectivity index (χ1n) is 9.20. The molecule has 0 atom stereocenters. The topological polar surface area (TPSA) is 17.1 Å². The minimum atomic E-state index is 0.363. The molecule has 0 heterocycles. The zero-order valence-corrected chi connectivity index (χ0v) is 14.2. The summed E-state index contributed by atoms with van der Waals surface area (Å²) in [6.07, 6.45) is 11.6. The Morgan fingerprint density at radius 1 is 0.864 bits per heavy atom. The minimum Gasteiger partial charge on any atom is -0.303 e. The first kappa shape index (κ1) is 15.8. The van der Waals surface area contributed by atoms with Crippen molar-refractivity contribution >= 4 is 6.29 Å². The lowest BCUT2D eigenvalue weighted by molar-refractivity contribution is -0.112. The second-order valence-corrected chi connectivity index (χ2v) is 7.71. The van der Waals surface area contributed by atoms with Crippen molar-refractivity contribution in [2.75, 3.05) is 0 Å². The van der Waals surface area contributed by atoms with Crippen molar-refractivity contribution in [3.63, 3.8) is 0 Å². The van der Waals surface area contributed by atoms with Gasteiger partial charge >= 0.3 is 0 Å². The van der Waals surface area contributed by atoms with E-state index in [2.05, 4.69) is 32.0 Å². The van der Waals surface area contributed by atoms with Crippen LogP contribution in [0.15, 0.2) is 18.2 Å². The van der Waals surface area contributed by atoms with E-state index in [9.17, 15) is 4.79 Å². The number of rotatable bonds is 3. The van der Waals surface area contributed by atoms with Crippen LogP contribution in [0.3, 0.4) is 0 Å². The first-order chi connectivity index (χ1) is 10.7. The van der Waals surface area contributed by atoms with Crippen LogP contribution in [0.2, 0.25) is 0 Å². The number of carbonyl (C=O) groups is 1. The molecule has 3 rings (SSSR count). The molecular formula is C21H30O. The van der Waals surface area contributed by atoms with Crippen LogP contribution in [0.5, 0.6) is 0 Å². The smallest absolute Gasteiger partial charge is 0.123 e. The molecule has 2 aliphatic carbocycles. The van der Waals surface area contributed by atoms with Crippen LogP contribution in [-0.2, 0) is 4.79 Å². The summed E-state index contributed by atoms with van der Waals surface area (Å²) in [4.78, 5) is 10.9. The van der Waals surface area contributed by atoms with Crippen LogP contribution in [-0.4, -0.2) is 6.29 Å². The molecule has 22 heavy (non-hydrogen) atoms.